The van der Waals surface area contributed by atoms with Gasteiger partial charge in [0.1, 0.15) is 0 Å². The second-order valence-corrected chi connectivity index (χ2v) is 20.3. The molecule has 0 unspecified atom stereocenters. The van der Waals surface area contributed by atoms with Gasteiger partial charge in [-0.1, -0.05) is 243 Å². The molecule has 1 aromatic heterocycles. The summed E-state index contributed by atoms with van der Waals surface area (Å²) in [4.78, 5) is 2.47. The van der Waals surface area contributed by atoms with Gasteiger partial charge in [0.15, 0.2) is 0 Å². The lowest BCUT2D eigenvalue weighted by molar-refractivity contribution is 1.17. The highest BCUT2D eigenvalue weighted by Gasteiger charge is 2.26. The minimum atomic E-state index is 1.07. The number of hydrogen-bond donors (Lipinski definition) is 0. The van der Waals surface area contributed by atoms with Gasteiger partial charge in [0.2, 0.25) is 0 Å². The number of hydrogen-bond acceptors (Lipinski definition) is 1. The highest BCUT2D eigenvalue weighted by Crippen LogP contribution is 2.52. The Labute approximate surface area is 453 Å². The van der Waals surface area contributed by atoms with Crippen molar-refractivity contribution < 1.29 is 0 Å². The van der Waals surface area contributed by atoms with Crippen molar-refractivity contribution in [1.29, 1.82) is 0 Å². The molecule has 15 rings (SSSR count). The van der Waals surface area contributed by atoms with E-state index in [1.54, 1.807) is 0 Å². The molecule has 0 N–H and O–H groups in total. The summed E-state index contributed by atoms with van der Waals surface area (Å²) in [5.41, 5.74) is 18.9. The second-order valence-electron chi connectivity index (χ2n) is 20.3. The number of fused-ring (bicyclic) bond motifs is 7. The zero-order valence-corrected chi connectivity index (χ0v) is 42.8. The van der Waals surface area contributed by atoms with Crippen molar-refractivity contribution in [3.8, 4) is 61.3 Å². The van der Waals surface area contributed by atoms with E-state index in [1.165, 1.54) is 121 Å². The maximum Gasteiger partial charge on any atom is 0.0618 e. The average Bonchev–Trinajstić information content (AvgIpc) is 3.93. The Morgan fingerprint density at radius 1 is 0.205 bits per heavy atom. The summed E-state index contributed by atoms with van der Waals surface area (Å²) in [5.74, 6) is 0. The molecule has 0 aliphatic rings. The van der Waals surface area contributed by atoms with E-state index in [-0.39, 0.29) is 0 Å². The van der Waals surface area contributed by atoms with Crippen LogP contribution in [0.1, 0.15) is 0 Å². The molecule has 0 amide bonds. The van der Waals surface area contributed by atoms with Crippen LogP contribution in [-0.4, -0.2) is 4.57 Å². The monoisotopic (exact) mass is 990 g/mol. The smallest absolute Gasteiger partial charge is 0.0618 e. The molecule has 0 aliphatic carbocycles. The van der Waals surface area contributed by atoms with Crippen LogP contribution in [0.2, 0.25) is 0 Å². The van der Waals surface area contributed by atoms with E-state index in [4.69, 9.17) is 0 Å². The third-order valence-corrected chi connectivity index (χ3v) is 15.9. The van der Waals surface area contributed by atoms with Gasteiger partial charge in [-0.3, -0.25) is 0 Å². The van der Waals surface area contributed by atoms with Crippen LogP contribution in [0.4, 0.5) is 17.1 Å². The van der Waals surface area contributed by atoms with Crippen LogP contribution in [-0.2, 0) is 0 Å². The summed E-state index contributed by atoms with van der Waals surface area (Å²) in [6, 6.07) is 111. The van der Waals surface area contributed by atoms with E-state index in [0.29, 0.717) is 0 Å². The molecule has 0 aliphatic heterocycles. The first kappa shape index (κ1) is 45.1. The number of anilines is 3. The van der Waals surface area contributed by atoms with E-state index in [1.807, 2.05) is 0 Å². The van der Waals surface area contributed by atoms with Crippen LogP contribution < -0.4 is 4.90 Å². The van der Waals surface area contributed by atoms with Crippen molar-refractivity contribution in [2.75, 3.05) is 4.90 Å². The van der Waals surface area contributed by atoms with Gasteiger partial charge in [-0.15, -0.1) is 0 Å². The Balaban J connectivity index is 0.922. The Morgan fingerprint density at radius 3 is 0.949 bits per heavy atom. The summed E-state index contributed by atoms with van der Waals surface area (Å²) >= 11 is 0. The lowest BCUT2D eigenvalue weighted by Crippen LogP contribution is -2.11. The number of aromatic nitrogens is 1. The Hall–Kier alpha value is -10.3. The Kier molecular flexibility index (Phi) is 10.9. The molecular formula is C76H50N2. The minimum absolute atomic E-state index is 1.07. The van der Waals surface area contributed by atoms with Crippen molar-refractivity contribution in [3.63, 3.8) is 0 Å². The molecule has 0 atom stereocenters. The first-order valence-electron chi connectivity index (χ1n) is 26.9. The fourth-order valence-electron chi connectivity index (χ4n) is 12.4. The van der Waals surface area contributed by atoms with Gasteiger partial charge in [-0.2, -0.15) is 0 Å². The zero-order chi connectivity index (χ0) is 51.5. The average molecular weight is 991 g/mol. The largest absolute Gasteiger partial charge is 0.309 e. The second kappa shape index (κ2) is 18.8. The van der Waals surface area contributed by atoms with Crippen LogP contribution in [0.25, 0.3) is 126 Å². The fraction of sp³-hybridized carbons (Fsp3) is 0. The van der Waals surface area contributed by atoms with Crippen LogP contribution in [0.3, 0.4) is 0 Å². The van der Waals surface area contributed by atoms with Crippen LogP contribution in [0.5, 0.6) is 0 Å². The summed E-state index contributed by atoms with van der Waals surface area (Å²) in [6.45, 7) is 0. The maximum atomic E-state index is 2.47. The topological polar surface area (TPSA) is 8.17 Å². The predicted octanol–water partition coefficient (Wildman–Crippen LogP) is 21.2. The van der Waals surface area contributed by atoms with Crippen molar-refractivity contribution in [1.82, 2.24) is 4.57 Å². The normalized spacial score (nSPS) is 11.6. The molecule has 0 saturated heterocycles. The molecule has 364 valence electrons. The molecule has 2 heteroatoms. The molecular weight excluding hydrogens is 941 g/mol. The standard InChI is InChI=1S/C76H50N2/c1-5-21-51(22-6-1)54-37-39-55(40-38-54)73-61-29-13-15-31-63(61)74(64-32-16-14-30-62(64)73)75-65-33-17-19-35-67(65)76(68-36-20-18-34-66(68)75)77(58-27-11-4-12-28-58)59-43-45-60(46-44-59)78-71-47-41-56(52-23-7-2-8-24-52)49-69(71)70-50-57(42-48-72(70)78)53-25-9-3-10-26-53/h1-50H. The van der Waals surface area contributed by atoms with Gasteiger partial charge in [0.05, 0.1) is 16.7 Å². The van der Waals surface area contributed by atoms with Gasteiger partial charge in [-0.05, 0) is 149 Å². The molecule has 0 spiro atoms. The van der Waals surface area contributed by atoms with Crippen LogP contribution in [0, 0.1) is 0 Å². The van der Waals surface area contributed by atoms with Gasteiger partial charge in [0, 0.05) is 38.6 Å². The van der Waals surface area contributed by atoms with Gasteiger partial charge in [-0.25, -0.2) is 0 Å². The van der Waals surface area contributed by atoms with Crippen molar-refractivity contribution in [2.45, 2.75) is 0 Å². The molecule has 78 heavy (non-hydrogen) atoms. The zero-order valence-electron chi connectivity index (χ0n) is 42.8. The van der Waals surface area contributed by atoms with E-state index < -0.39 is 0 Å². The molecule has 2 nitrogen and oxygen atoms in total. The predicted molar refractivity (Wildman–Crippen MR) is 333 cm³/mol. The highest BCUT2D eigenvalue weighted by atomic mass is 15.1. The lowest BCUT2D eigenvalue weighted by Gasteiger charge is -2.30. The molecule has 1 heterocycles. The van der Waals surface area contributed by atoms with E-state index in [0.717, 1.165) is 22.7 Å². The Bertz CT molecular complexity index is 4520. The molecule has 15 aromatic rings. The fourth-order valence-corrected chi connectivity index (χ4v) is 12.4. The third kappa shape index (κ3) is 7.49. The van der Waals surface area contributed by atoms with Crippen LogP contribution >= 0.6 is 0 Å². The Morgan fingerprint density at radius 2 is 0.513 bits per heavy atom. The van der Waals surface area contributed by atoms with E-state index >= 15 is 0 Å². The van der Waals surface area contributed by atoms with Crippen molar-refractivity contribution >= 4 is 82.0 Å². The molecule has 0 fully saturated rings. The lowest BCUT2D eigenvalue weighted by atomic mass is 9.82. The molecule has 0 saturated carbocycles. The summed E-state index contributed by atoms with van der Waals surface area (Å²) in [7, 11) is 0. The van der Waals surface area contributed by atoms with Crippen LogP contribution in [0.15, 0.2) is 303 Å². The van der Waals surface area contributed by atoms with Crippen molar-refractivity contribution in [2.24, 2.45) is 0 Å². The minimum Gasteiger partial charge on any atom is -0.309 e. The summed E-state index contributed by atoms with van der Waals surface area (Å²) < 4.78 is 2.43. The van der Waals surface area contributed by atoms with E-state index in [9.17, 15) is 0 Å². The maximum absolute atomic E-state index is 2.47. The molecule has 0 bridgehead atoms. The van der Waals surface area contributed by atoms with Gasteiger partial charge in [0.25, 0.3) is 0 Å². The third-order valence-electron chi connectivity index (χ3n) is 15.9. The summed E-state index contributed by atoms with van der Waals surface area (Å²) in [5, 5.41) is 12.1. The molecule has 0 radical (unpaired) electrons. The first-order valence-corrected chi connectivity index (χ1v) is 26.9. The number of benzene rings is 14. The highest BCUT2D eigenvalue weighted by molar-refractivity contribution is 6.30. The molecule has 14 aromatic carbocycles. The van der Waals surface area contributed by atoms with E-state index in [2.05, 4.69) is 313 Å². The first-order chi connectivity index (χ1) is 38.7. The quantitative estimate of drug-likeness (QED) is 0.131. The number of nitrogens with zero attached hydrogens (tertiary/aromatic N) is 2. The SMILES string of the molecule is c1ccc(-c2ccc(-c3c4ccccc4c(-c4c5ccccc5c(N(c5ccccc5)c5ccc(-n6c7ccc(-c8ccccc8)cc7c7cc(-c8ccccc8)ccc76)cc5)c5ccccc45)c4ccccc34)cc2)cc1. The van der Waals surface area contributed by atoms with Gasteiger partial charge < -0.3 is 9.47 Å². The van der Waals surface area contributed by atoms with Crippen molar-refractivity contribution in [3.05, 3.63) is 303 Å². The summed E-state index contributed by atoms with van der Waals surface area (Å²) in [6.07, 6.45) is 0. The number of rotatable bonds is 9. The van der Waals surface area contributed by atoms with Gasteiger partial charge >= 0.3 is 0 Å². The number of para-hydroxylation sites is 1.